The number of amides is 1. The average Bonchev–Trinajstić information content (AvgIpc) is 3.00. The number of methoxy groups -OCH3 is 1. The van der Waals surface area contributed by atoms with Crippen molar-refractivity contribution < 1.29 is 14.3 Å². The van der Waals surface area contributed by atoms with Crippen LogP contribution in [0, 0.1) is 0 Å². The normalized spacial score (nSPS) is 23.3. The zero-order chi connectivity index (χ0) is 14.5. The quantitative estimate of drug-likeness (QED) is 0.733. The van der Waals surface area contributed by atoms with Crippen molar-refractivity contribution in [3.8, 4) is 0 Å². The summed E-state index contributed by atoms with van der Waals surface area (Å²) >= 11 is 0. The molecule has 2 rings (SSSR count). The van der Waals surface area contributed by atoms with Crippen LogP contribution in [0.3, 0.4) is 0 Å². The monoisotopic (exact) mass is 280 g/mol. The van der Waals surface area contributed by atoms with E-state index in [1.54, 1.807) is 4.90 Å². The first-order chi connectivity index (χ1) is 9.63. The number of ether oxygens (including phenoxy) is 1. The summed E-state index contributed by atoms with van der Waals surface area (Å²) in [5.41, 5.74) is 1.11. The summed E-state index contributed by atoms with van der Waals surface area (Å²) in [4.78, 5) is 27.8. The third kappa shape index (κ3) is 3.39. The largest absolute Gasteiger partial charge is 0.468 e. The van der Waals surface area contributed by atoms with Crippen LogP contribution in [0.1, 0.15) is 38.5 Å². The highest BCUT2D eigenvalue weighted by atomic mass is 16.5. The third-order valence-electron chi connectivity index (χ3n) is 4.25. The van der Waals surface area contributed by atoms with Crippen LogP contribution in [0.15, 0.2) is 11.8 Å². The third-order valence-corrected chi connectivity index (χ3v) is 4.25. The molecule has 5 nitrogen and oxygen atoms in total. The van der Waals surface area contributed by atoms with E-state index >= 15 is 0 Å². The van der Waals surface area contributed by atoms with Crippen LogP contribution in [0.25, 0.3) is 0 Å². The van der Waals surface area contributed by atoms with Crippen LogP contribution in [-0.2, 0) is 14.3 Å². The van der Waals surface area contributed by atoms with Gasteiger partial charge in [0.15, 0.2) is 0 Å². The number of piperidine rings is 1. The first-order valence-electron chi connectivity index (χ1n) is 7.41. The van der Waals surface area contributed by atoms with E-state index in [-0.39, 0.29) is 17.9 Å². The Morgan fingerprint density at radius 1 is 1.40 bits per heavy atom. The number of likely N-dealkylation sites (tertiary alicyclic amines) is 1. The molecular weight excluding hydrogens is 256 g/mol. The zero-order valence-electron chi connectivity index (χ0n) is 12.4. The Bertz CT molecular complexity index is 406. The summed E-state index contributed by atoms with van der Waals surface area (Å²) in [7, 11) is 3.24. The van der Waals surface area contributed by atoms with Crippen LogP contribution >= 0.6 is 0 Å². The van der Waals surface area contributed by atoms with Gasteiger partial charge < -0.3 is 9.64 Å². The van der Waals surface area contributed by atoms with Gasteiger partial charge in [0.05, 0.1) is 13.7 Å². The molecule has 1 atom stereocenters. The number of nitrogens with zero attached hydrogens (tertiary/aromatic N) is 2. The molecule has 1 heterocycles. The fourth-order valence-electron chi connectivity index (χ4n) is 2.98. The minimum absolute atomic E-state index is 0.0638. The summed E-state index contributed by atoms with van der Waals surface area (Å²) < 4.78 is 4.84. The van der Waals surface area contributed by atoms with E-state index in [9.17, 15) is 9.59 Å². The number of hydrogen-bond donors (Lipinski definition) is 0. The van der Waals surface area contributed by atoms with Crippen molar-refractivity contribution in [3.63, 3.8) is 0 Å². The van der Waals surface area contributed by atoms with Crippen LogP contribution in [0.5, 0.6) is 0 Å². The zero-order valence-corrected chi connectivity index (χ0v) is 12.4. The van der Waals surface area contributed by atoms with Crippen molar-refractivity contribution in [2.24, 2.45) is 0 Å². The Labute approximate surface area is 120 Å². The summed E-state index contributed by atoms with van der Waals surface area (Å²) in [6, 6.07) is -0.261. The summed E-state index contributed by atoms with van der Waals surface area (Å²) in [6.07, 6.45) is 8.13. The molecule has 0 aromatic carbocycles. The van der Waals surface area contributed by atoms with Gasteiger partial charge in [-0.3, -0.25) is 14.5 Å². The Kier molecular flexibility index (Phi) is 5.17. The maximum Gasteiger partial charge on any atom is 0.323 e. The first kappa shape index (κ1) is 15.0. The maximum absolute atomic E-state index is 12.3. The van der Waals surface area contributed by atoms with Crippen molar-refractivity contribution >= 4 is 11.9 Å². The van der Waals surface area contributed by atoms with E-state index in [2.05, 4.69) is 6.08 Å². The highest BCUT2D eigenvalue weighted by Crippen LogP contribution is 2.22. The summed E-state index contributed by atoms with van der Waals surface area (Å²) in [6.45, 7) is 1.09. The molecule has 5 heteroatoms. The number of hydrogen-bond acceptors (Lipinski definition) is 4. The molecule has 0 N–H and O–H groups in total. The molecule has 1 amide bonds. The second-order valence-electron chi connectivity index (χ2n) is 5.55. The number of likely N-dealkylation sites (N-methyl/N-ethyl adjacent to an activating group) is 1. The van der Waals surface area contributed by atoms with Gasteiger partial charge in [0, 0.05) is 12.7 Å². The highest BCUT2D eigenvalue weighted by Gasteiger charge is 2.31. The number of carbonyl (C=O) groups is 2. The Hall–Kier alpha value is -1.36. The maximum atomic E-state index is 12.3. The van der Waals surface area contributed by atoms with E-state index in [0.29, 0.717) is 6.54 Å². The fraction of sp³-hybridized carbons (Fsp3) is 0.733. The topological polar surface area (TPSA) is 49.9 Å². The predicted octanol–water partition coefficient (Wildman–Crippen LogP) is 1.54. The number of allylic oxidation sites excluding steroid dienone is 2. The molecular formula is C15H24N2O3. The van der Waals surface area contributed by atoms with Gasteiger partial charge in [-0.1, -0.05) is 12.5 Å². The summed E-state index contributed by atoms with van der Waals surface area (Å²) in [5, 5.41) is 0. The molecule has 1 saturated heterocycles. The molecule has 0 aromatic rings. The lowest BCUT2D eigenvalue weighted by Gasteiger charge is -2.34. The van der Waals surface area contributed by atoms with Gasteiger partial charge in [-0.15, -0.1) is 0 Å². The Balaban J connectivity index is 1.95. The molecule has 1 aliphatic carbocycles. The lowest BCUT2D eigenvalue weighted by molar-refractivity contribution is -0.149. The Morgan fingerprint density at radius 3 is 2.85 bits per heavy atom. The van der Waals surface area contributed by atoms with Crippen molar-refractivity contribution in [1.29, 1.82) is 0 Å². The lowest BCUT2D eigenvalue weighted by atomic mass is 10.0. The second kappa shape index (κ2) is 6.88. The van der Waals surface area contributed by atoms with Crippen LogP contribution < -0.4 is 0 Å². The smallest absolute Gasteiger partial charge is 0.323 e. The fourth-order valence-corrected chi connectivity index (χ4v) is 2.98. The van der Waals surface area contributed by atoms with Crippen LogP contribution in [0.2, 0.25) is 0 Å². The Morgan fingerprint density at radius 2 is 2.20 bits per heavy atom. The van der Waals surface area contributed by atoms with Gasteiger partial charge in [-0.2, -0.15) is 0 Å². The number of carbonyl (C=O) groups excluding carboxylic acids is 2. The van der Waals surface area contributed by atoms with Crippen molar-refractivity contribution in [1.82, 2.24) is 9.80 Å². The number of rotatable bonds is 4. The number of esters is 1. The van der Waals surface area contributed by atoms with Crippen molar-refractivity contribution in [3.05, 3.63) is 11.8 Å². The molecule has 0 saturated carbocycles. The van der Waals surface area contributed by atoms with Crippen molar-refractivity contribution in [2.75, 3.05) is 27.2 Å². The summed E-state index contributed by atoms with van der Waals surface area (Å²) in [5.74, 6) is -0.158. The van der Waals surface area contributed by atoms with E-state index in [4.69, 9.17) is 4.74 Å². The van der Waals surface area contributed by atoms with E-state index in [1.807, 2.05) is 11.9 Å². The lowest BCUT2D eigenvalue weighted by Crippen LogP contribution is -2.49. The van der Waals surface area contributed by atoms with Gasteiger partial charge in [-0.05, 0) is 38.6 Å². The van der Waals surface area contributed by atoms with Gasteiger partial charge in [0.25, 0.3) is 0 Å². The van der Waals surface area contributed by atoms with Gasteiger partial charge in [0.2, 0.25) is 5.91 Å². The molecule has 20 heavy (non-hydrogen) atoms. The SMILES string of the molecule is COC(=O)C1CCCCN1CC(=O)N(C)C1=CCCC1. The average molecular weight is 280 g/mol. The van der Waals surface area contributed by atoms with Crippen molar-refractivity contribution in [2.45, 2.75) is 44.6 Å². The van der Waals surface area contributed by atoms with Crippen LogP contribution in [-0.4, -0.2) is 55.0 Å². The minimum Gasteiger partial charge on any atom is -0.468 e. The van der Waals surface area contributed by atoms with E-state index < -0.39 is 0 Å². The molecule has 0 spiro atoms. The molecule has 2 aliphatic rings. The molecule has 0 radical (unpaired) electrons. The molecule has 0 bridgehead atoms. The van der Waals surface area contributed by atoms with Crippen LogP contribution in [0.4, 0.5) is 0 Å². The molecule has 1 aliphatic heterocycles. The molecule has 0 aromatic heterocycles. The van der Waals surface area contributed by atoms with E-state index in [1.165, 1.54) is 7.11 Å². The second-order valence-corrected chi connectivity index (χ2v) is 5.55. The van der Waals surface area contributed by atoms with Gasteiger partial charge in [-0.25, -0.2) is 0 Å². The molecule has 1 fully saturated rings. The first-order valence-corrected chi connectivity index (χ1v) is 7.41. The standard InChI is InChI=1S/C15H24N2O3/c1-16(12-7-3-4-8-12)14(18)11-17-10-6-5-9-13(17)15(19)20-2/h7,13H,3-6,8-11H2,1-2H3. The minimum atomic E-state index is -0.261. The predicted molar refractivity (Wildman–Crippen MR) is 75.9 cm³/mol. The molecule has 112 valence electrons. The van der Waals surface area contributed by atoms with Gasteiger partial charge in [0.1, 0.15) is 6.04 Å². The van der Waals surface area contributed by atoms with Gasteiger partial charge >= 0.3 is 5.97 Å². The van der Waals surface area contributed by atoms with E-state index in [0.717, 1.165) is 50.8 Å². The highest BCUT2D eigenvalue weighted by molar-refractivity contribution is 5.81. The molecule has 1 unspecified atom stereocenters.